The topological polar surface area (TPSA) is 76.3 Å². The molecule has 9 heteroatoms. The largest absolute Gasteiger partial charge is 0.493 e. The minimum Gasteiger partial charge on any atom is -0.493 e. The lowest BCUT2D eigenvalue weighted by molar-refractivity contribution is 0.102. The van der Waals surface area contributed by atoms with Gasteiger partial charge in [-0.15, -0.1) is 0 Å². The van der Waals surface area contributed by atoms with Crippen LogP contribution in [0.3, 0.4) is 0 Å². The summed E-state index contributed by atoms with van der Waals surface area (Å²) in [6, 6.07) is 12.2. The number of carbonyl (C=O) groups is 1. The van der Waals surface area contributed by atoms with E-state index in [1.165, 1.54) is 31.5 Å². The van der Waals surface area contributed by atoms with Gasteiger partial charge in [-0.1, -0.05) is 0 Å². The van der Waals surface area contributed by atoms with E-state index in [2.05, 4.69) is 21.3 Å². The standard InChI is InChI=1S/C30H27F2N3O4/c1-37-25-10-8-20(16-26(25)38-2)33-29(36)22-14-18-13-17-5-3-11-35-12-4-6-21(27(17)35)28(18)39-30(22)34-19-7-9-23(31)24(32)15-19/h7-10,13-16H,3-6,11-12H2,1-2H3,(H,33,36). The van der Waals surface area contributed by atoms with Crippen LogP contribution in [-0.2, 0) is 12.8 Å². The Kier molecular flexibility index (Phi) is 6.42. The van der Waals surface area contributed by atoms with Crippen molar-refractivity contribution < 1.29 is 27.5 Å². The number of aryl methyl sites for hydroxylation is 2. The Bertz CT molecular complexity index is 1680. The van der Waals surface area contributed by atoms with Crippen LogP contribution in [0.1, 0.15) is 34.3 Å². The van der Waals surface area contributed by atoms with Crippen LogP contribution in [0, 0.1) is 11.6 Å². The fourth-order valence-electron chi connectivity index (χ4n) is 5.48. The smallest absolute Gasteiger partial charge is 0.261 e. The average molecular weight is 532 g/mol. The van der Waals surface area contributed by atoms with Crippen LogP contribution in [0.4, 0.5) is 25.8 Å². The van der Waals surface area contributed by atoms with Gasteiger partial charge < -0.3 is 24.1 Å². The molecule has 7 nitrogen and oxygen atoms in total. The molecule has 39 heavy (non-hydrogen) atoms. The van der Waals surface area contributed by atoms with Gasteiger partial charge in [-0.2, -0.15) is 0 Å². The number of halogens is 2. The Labute approximate surface area is 223 Å². The molecule has 0 saturated heterocycles. The number of hydrogen-bond donors (Lipinski definition) is 1. The minimum absolute atomic E-state index is 0.00983. The lowest BCUT2D eigenvalue weighted by Crippen LogP contribution is -2.34. The molecule has 1 N–H and O–H groups in total. The summed E-state index contributed by atoms with van der Waals surface area (Å²) in [5, 5.41) is 3.67. The van der Waals surface area contributed by atoms with Crippen LogP contribution in [0.25, 0.3) is 11.0 Å². The molecular weight excluding hydrogens is 504 g/mol. The minimum atomic E-state index is -1.03. The monoisotopic (exact) mass is 531 g/mol. The summed E-state index contributed by atoms with van der Waals surface area (Å²) in [5.41, 5.74) is 5.00. The quantitative estimate of drug-likeness (QED) is 0.347. The van der Waals surface area contributed by atoms with Crippen LogP contribution >= 0.6 is 0 Å². The van der Waals surface area contributed by atoms with E-state index in [0.29, 0.717) is 22.8 Å². The summed E-state index contributed by atoms with van der Waals surface area (Å²) in [7, 11) is 3.04. The highest BCUT2D eigenvalue weighted by atomic mass is 19.2. The zero-order valence-corrected chi connectivity index (χ0v) is 21.6. The molecule has 0 fully saturated rings. The third-order valence-electron chi connectivity index (χ3n) is 7.25. The van der Waals surface area contributed by atoms with Gasteiger partial charge in [0.05, 0.1) is 19.9 Å². The Morgan fingerprint density at radius 1 is 0.949 bits per heavy atom. The van der Waals surface area contributed by atoms with E-state index in [1.807, 2.05) is 0 Å². The van der Waals surface area contributed by atoms with Gasteiger partial charge in [0.2, 0.25) is 5.55 Å². The Morgan fingerprint density at radius 2 is 1.74 bits per heavy atom. The fourth-order valence-corrected chi connectivity index (χ4v) is 5.48. The van der Waals surface area contributed by atoms with Gasteiger partial charge in [-0.05, 0) is 67.6 Å². The summed E-state index contributed by atoms with van der Waals surface area (Å²) < 4.78 is 44.6. The first-order chi connectivity index (χ1) is 18.9. The van der Waals surface area contributed by atoms with Crippen molar-refractivity contribution in [3.05, 3.63) is 82.4 Å². The molecule has 6 rings (SSSR count). The molecule has 0 radical (unpaired) electrons. The van der Waals surface area contributed by atoms with Crippen LogP contribution in [0.2, 0.25) is 0 Å². The van der Waals surface area contributed by atoms with E-state index in [1.54, 1.807) is 24.3 Å². The Hall–Kier alpha value is -4.40. The number of hydrogen-bond acceptors (Lipinski definition) is 6. The van der Waals surface area contributed by atoms with E-state index in [9.17, 15) is 13.6 Å². The van der Waals surface area contributed by atoms with Gasteiger partial charge >= 0.3 is 0 Å². The van der Waals surface area contributed by atoms with Crippen molar-refractivity contribution >= 4 is 33.9 Å². The SMILES string of the molecule is COc1ccc(NC(=O)c2cc3cc4c5c(c3oc2=Nc2ccc(F)c(F)c2)CCCN5CCC4)cc1OC. The number of benzene rings is 3. The molecule has 0 saturated carbocycles. The molecule has 3 aromatic carbocycles. The lowest BCUT2D eigenvalue weighted by Gasteiger charge is -2.37. The molecule has 0 bridgehead atoms. The molecule has 3 heterocycles. The number of rotatable bonds is 5. The maximum atomic E-state index is 14.0. The van der Waals surface area contributed by atoms with Crippen LogP contribution < -0.4 is 25.2 Å². The second-order valence-electron chi connectivity index (χ2n) is 9.67. The third kappa shape index (κ3) is 4.58. The van der Waals surface area contributed by atoms with Crippen LogP contribution in [0.15, 0.2) is 57.9 Å². The van der Waals surface area contributed by atoms with Crippen molar-refractivity contribution in [3.8, 4) is 11.5 Å². The second-order valence-corrected chi connectivity index (χ2v) is 9.67. The molecule has 0 aliphatic carbocycles. The summed E-state index contributed by atoms with van der Waals surface area (Å²) in [5.74, 6) is -1.50. The molecule has 1 amide bonds. The molecule has 0 unspecified atom stereocenters. The van der Waals surface area contributed by atoms with E-state index < -0.39 is 17.5 Å². The van der Waals surface area contributed by atoms with Gasteiger partial charge in [0.1, 0.15) is 11.1 Å². The van der Waals surface area contributed by atoms with Gasteiger partial charge in [-0.25, -0.2) is 13.8 Å². The van der Waals surface area contributed by atoms with Crippen LogP contribution in [0.5, 0.6) is 11.5 Å². The van der Waals surface area contributed by atoms with Crippen molar-refractivity contribution in [1.82, 2.24) is 0 Å². The number of amides is 1. The van der Waals surface area contributed by atoms with Gasteiger partial charge in [0.25, 0.3) is 5.91 Å². The van der Waals surface area contributed by atoms with Crippen molar-refractivity contribution in [2.45, 2.75) is 25.7 Å². The van der Waals surface area contributed by atoms with Gasteiger partial charge in [0, 0.05) is 47.5 Å². The number of nitrogens with one attached hydrogen (secondary N) is 1. The van der Waals surface area contributed by atoms with Gasteiger partial charge in [0.15, 0.2) is 23.1 Å². The van der Waals surface area contributed by atoms with E-state index >= 15 is 0 Å². The average Bonchev–Trinajstić information content (AvgIpc) is 2.95. The molecule has 200 valence electrons. The highest BCUT2D eigenvalue weighted by Gasteiger charge is 2.27. The molecular formula is C30H27F2N3O4. The Morgan fingerprint density at radius 3 is 2.51 bits per heavy atom. The summed E-state index contributed by atoms with van der Waals surface area (Å²) >= 11 is 0. The van der Waals surface area contributed by atoms with Crippen molar-refractivity contribution in [1.29, 1.82) is 0 Å². The van der Waals surface area contributed by atoms with E-state index in [4.69, 9.17) is 13.9 Å². The molecule has 0 atom stereocenters. The van der Waals surface area contributed by atoms with Crippen molar-refractivity contribution in [2.75, 3.05) is 37.5 Å². The van der Waals surface area contributed by atoms with Gasteiger partial charge in [-0.3, -0.25) is 4.79 Å². The number of nitrogens with zero attached hydrogens (tertiary/aromatic N) is 2. The number of methoxy groups -OCH3 is 2. The second kappa shape index (κ2) is 10.1. The molecule has 4 aromatic rings. The highest BCUT2D eigenvalue weighted by Crippen LogP contribution is 2.40. The van der Waals surface area contributed by atoms with E-state index in [-0.39, 0.29) is 16.8 Å². The predicted molar refractivity (Wildman–Crippen MR) is 144 cm³/mol. The zero-order valence-electron chi connectivity index (χ0n) is 21.6. The molecule has 2 aliphatic heterocycles. The normalized spacial score (nSPS) is 14.8. The number of fused-ring (bicyclic) bond motifs is 2. The first-order valence-electron chi connectivity index (χ1n) is 12.9. The van der Waals surface area contributed by atoms with Crippen LogP contribution in [-0.4, -0.2) is 33.2 Å². The molecule has 0 spiro atoms. The zero-order chi connectivity index (χ0) is 27.1. The summed E-state index contributed by atoms with van der Waals surface area (Å²) in [4.78, 5) is 20.5. The first-order valence-corrected chi connectivity index (χ1v) is 12.9. The maximum absolute atomic E-state index is 14.0. The number of ether oxygens (including phenoxy) is 2. The lowest BCUT2D eigenvalue weighted by atomic mass is 9.90. The Balaban J connectivity index is 1.52. The summed E-state index contributed by atoms with van der Waals surface area (Å²) in [6.07, 6.45) is 3.88. The van der Waals surface area contributed by atoms with Crippen molar-refractivity contribution in [2.24, 2.45) is 4.99 Å². The highest BCUT2D eigenvalue weighted by molar-refractivity contribution is 6.06. The number of carbonyl (C=O) groups excluding carboxylic acids is 1. The third-order valence-corrected chi connectivity index (χ3v) is 7.25. The number of anilines is 2. The maximum Gasteiger partial charge on any atom is 0.261 e. The first kappa shape index (κ1) is 24.9. The predicted octanol–water partition coefficient (Wildman–Crippen LogP) is 5.91. The molecule has 1 aromatic heterocycles. The van der Waals surface area contributed by atoms with Crippen molar-refractivity contribution in [3.63, 3.8) is 0 Å². The fraction of sp³-hybridized carbons (Fsp3) is 0.267. The van der Waals surface area contributed by atoms with E-state index in [0.717, 1.165) is 61.9 Å². The summed E-state index contributed by atoms with van der Waals surface area (Å²) in [6.45, 7) is 2.01. The molecule has 2 aliphatic rings.